The minimum Gasteiger partial charge on any atom is -0.476 e. The quantitative estimate of drug-likeness (QED) is 0.772. The number of halogens is 1. The number of nitrogens with zero attached hydrogens (tertiary/aromatic N) is 3. The molecule has 4 rings (SSSR count). The molecule has 2 saturated heterocycles. The molecule has 2 aliphatic rings. The molecule has 0 radical (unpaired) electrons. The van der Waals surface area contributed by atoms with Gasteiger partial charge in [-0.25, -0.2) is 9.37 Å². The summed E-state index contributed by atoms with van der Waals surface area (Å²) in [7, 11) is 0. The second-order valence-electron chi connectivity index (χ2n) is 7.53. The van der Waals surface area contributed by atoms with E-state index in [9.17, 15) is 4.39 Å². The summed E-state index contributed by atoms with van der Waals surface area (Å²) in [6.45, 7) is 5.96. The van der Waals surface area contributed by atoms with E-state index in [1.165, 1.54) is 6.07 Å². The lowest BCUT2D eigenvalue weighted by Gasteiger charge is -2.42. The van der Waals surface area contributed by atoms with Crippen LogP contribution in [0.2, 0.25) is 0 Å². The lowest BCUT2D eigenvalue weighted by atomic mass is 9.78. The first-order valence-electron chi connectivity index (χ1n) is 9.66. The summed E-state index contributed by atoms with van der Waals surface area (Å²) in [6, 6.07) is 4.93. The van der Waals surface area contributed by atoms with Gasteiger partial charge in [0.05, 0.1) is 17.9 Å². The first kappa shape index (κ1) is 18.4. The van der Waals surface area contributed by atoms with Crippen molar-refractivity contribution in [3.63, 3.8) is 0 Å². The van der Waals surface area contributed by atoms with Crippen LogP contribution in [-0.4, -0.2) is 46.9 Å². The number of pyridine rings is 1. The van der Waals surface area contributed by atoms with Crippen LogP contribution in [0.3, 0.4) is 0 Å². The fourth-order valence-corrected chi connectivity index (χ4v) is 4.33. The molecule has 2 aromatic heterocycles. The molecule has 2 aliphatic heterocycles. The van der Waals surface area contributed by atoms with E-state index in [0.717, 1.165) is 63.4 Å². The standard InChI is InChI=1S/C20H26FN3O3/c1-15-13-17(23-27-15)14-24-9-6-20(7-10-24)16(5-12-26-20)4-11-25-19-18(21)3-2-8-22-19/h2-3,8,13,16H,4-7,9-12,14H2,1H3. The van der Waals surface area contributed by atoms with Crippen molar-refractivity contribution in [2.75, 3.05) is 26.3 Å². The lowest BCUT2D eigenvalue weighted by molar-refractivity contribution is -0.0711. The predicted molar refractivity (Wildman–Crippen MR) is 96.8 cm³/mol. The van der Waals surface area contributed by atoms with Gasteiger partial charge in [-0.15, -0.1) is 0 Å². The molecule has 0 saturated carbocycles. The highest BCUT2D eigenvalue weighted by Gasteiger charge is 2.45. The van der Waals surface area contributed by atoms with Crippen LogP contribution < -0.4 is 4.74 Å². The van der Waals surface area contributed by atoms with E-state index >= 15 is 0 Å². The third kappa shape index (κ3) is 4.14. The molecule has 0 N–H and O–H groups in total. The fraction of sp³-hybridized carbons (Fsp3) is 0.600. The van der Waals surface area contributed by atoms with Crippen LogP contribution in [-0.2, 0) is 11.3 Å². The highest BCUT2D eigenvalue weighted by molar-refractivity contribution is 5.12. The number of aryl methyl sites for hydroxylation is 1. The van der Waals surface area contributed by atoms with Gasteiger partial charge < -0.3 is 14.0 Å². The maximum Gasteiger partial charge on any atom is 0.250 e. The molecule has 2 fully saturated rings. The summed E-state index contributed by atoms with van der Waals surface area (Å²) in [4.78, 5) is 6.35. The number of piperidine rings is 1. The van der Waals surface area contributed by atoms with E-state index in [0.29, 0.717) is 12.5 Å². The van der Waals surface area contributed by atoms with Crippen molar-refractivity contribution in [1.29, 1.82) is 0 Å². The zero-order chi connectivity index (χ0) is 18.7. The van der Waals surface area contributed by atoms with Gasteiger partial charge in [-0.3, -0.25) is 4.90 Å². The van der Waals surface area contributed by atoms with E-state index in [1.54, 1.807) is 12.3 Å². The summed E-state index contributed by atoms with van der Waals surface area (Å²) in [6.07, 6.45) is 5.46. The molecular weight excluding hydrogens is 349 g/mol. The van der Waals surface area contributed by atoms with E-state index in [1.807, 2.05) is 13.0 Å². The predicted octanol–water partition coefficient (Wildman–Crippen LogP) is 3.36. The Morgan fingerprint density at radius 2 is 2.22 bits per heavy atom. The zero-order valence-corrected chi connectivity index (χ0v) is 15.7. The van der Waals surface area contributed by atoms with Crippen molar-refractivity contribution in [1.82, 2.24) is 15.0 Å². The lowest BCUT2D eigenvalue weighted by Crippen LogP contribution is -2.47. The van der Waals surface area contributed by atoms with Gasteiger partial charge in [-0.05, 0) is 50.7 Å². The van der Waals surface area contributed by atoms with Crippen LogP contribution >= 0.6 is 0 Å². The van der Waals surface area contributed by atoms with Crippen LogP contribution in [0.15, 0.2) is 28.9 Å². The summed E-state index contributed by atoms with van der Waals surface area (Å²) in [5.74, 6) is 0.970. The number of hydrogen-bond acceptors (Lipinski definition) is 6. The Balaban J connectivity index is 1.28. The van der Waals surface area contributed by atoms with E-state index in [4.69, 9.17) is 14.0 Å². The van der Waals surface area contributed by atoms with E-state index in [-0.39, 0.29) is 11.5 Å². The molecule has 0 amide bonds. The van der Waals surface area contributed by atoms with Crippen molar-refractivity contribution in [2.45, 2.75) is 44.8 Å². The number of ether oxygens (including phenoxy) is 2. The fourth-order valence-electron chi connectivity index (χ4n) is 4.33. The van der Waals surface area contributed by atoms with Gasteiger partial charge in [0, 0.05) is 38.5 Å². The van der Waals surface area contributed by atoms with Gasteiger partial charge in [0.25, 0.3) is 0 Å². The molecule has 1 spiro atoms. The average molecular weight is 375 g/mol. The van der Waals surface area contributed by atoms with Crippen LogP contribution in [0.4, 0.5) is 4.39 Å². The van der Waals surface area contributed by atoms with Crippen molar-refractivity contribution >= 4 is 0 Å². The molecular formula is C20H26FN3O3. The molecule has 1 unspecified atom stereocenters. The Kier molecular flexibility index (Phi) is 5.41. The van der Waals surface area contributed by atoms with Gasteiger partial charge in [0.2, 0.25) is 5.88 Å². The molecule has 6 nitrogen and oxygen atoms in total. The summed E-state index contributed by atoms with van der Waals surface area (Å²) in [5, 5.41) is 4.09. The van der Waals surface area contributed by atoms with Crippen LogP contribution in [0.5, 0.6) is 5.88 Å². The maximum absolute atomic E-state index is 13.6. The Bertz CT molecular complexity index is 758. The van der Waals surface area contributed by atoms with Crippen molar-refractivity contribution < 1.29 is 18.4 Å². The molecule has 0 aliphatic carbocycles. The Morgan fingerprint density at radius 3 is 2.96 bits per heavy atom. The number of aromatic nitrogens is 2. The molecule has 1 atom stereocenters. The molecule has 4 heterocycles. The third-order valence-corrected chi connectivity index (χ3v) is 5.79. The Hall–Kier alpha value is -1.99. The number of hydrogen-bond donors (Lipinski definition) is 0. The molecule has 146 valence electrons. The maximum atomic E-state index is 13.6. The van der Waals surface area contributed by atoms with E-state index < -0.39 is 5.82 Å². The van der Waals surface area contributed by atoms with Gasteiger partial charge >= 0.3 is 0 Å². The van der Waals surface area contributed by atoms with Crippen LogP contribution in [0.25, 0.3) is 0 Å². The van der Waals surface area contributed by atoms with Gasteiger partial charge in [0.1, 0.15) is 5.76 Å². The first-order chi connectivity index (χ1) is 13.1. The van der Waals surface area contributed by atoms with Crippen LogP contribution in [0, 0.1) is 18.7 Å². The summed E-state index contributed by atoms with van der Waals surface area (Å²) >= 11 is 0. The van der Waals surface area contributed by atoms with Crippen LogP contribution in [0.1, 0.15) is 37.1 Å². The summed E-state index contributed by atoms with van der Waals surface area (Å²) in [5.41, 5.74) is 0.917. The van der Waals surface area contributed by atoms with E-state index in [2.05, 4.69) is 15.0 Å². The van der Waals surface area contributed by atoms with Gasteiger partial charge in [0.15, 0.2) is 5.82 Å². The van der Waals surface area contributed by atoms with Crippen molar-refractivity contribution in [3.05, 3.63) is 41.7 Å². The third-order valence-electron chi connectivity index (χ3n) is 5.79. The van der Waals surface area contributed by atoms with Crippen molar-refractivity contribution in [2.24, 2.45) is 5.92 Å². The molecule has 27 heavy (non-hydrogen) atoms. The normalized spacial score (nSPS) is 22.4. The number of likely N-dealkylation sites (tertiary alicyclic amines) is 1. The average Bonchev–Trinajstić information content (AvgIpc) is 3.25. The summed E-state index contributed by atoms with van der Waals surface area (Å²) < 4.78 is 30.6. The smallest absolute Gasteiger partial charge is 0.250 e. The Morgan fingerprint density at radius 1 is 1.37 bits per heavy atom. The minimum atomic E-state index is -0.411. The molecule has 0 aromatic carbocycles. The second kappa shape index (κ2) is 7.94. The van der Waals surface area contributed by atoms with Gasteiger partial charge in [-0.2, -0.15) is 0 Å². The number of rotatable bonds is 6. The Labute approximate surface area is 158 Å². The zero-order valence-electron chi connectivity index (χ0n) is 15.7. The minimum absolute atomic E-state index is 0.0672. The first-order valence-corrected chi connectivity index (χ1v) is 9.66. The van der Waals surface area contributed by atoms with Crippen molar-refractivity contribution in [3.8, 4) is 5.88 Å². The van der Waals surface area contributed by atoms with Gasteiger partial charge in [-0.1, -0.05) is 5.16 Å². The molecule has 7 heteroatoms. The highest BCUT2D eigenvalue weighted by Crippen LogP contribution is 2.42. The molecule has 2 aromatic rings. The highest BCUT2D eigenvalue weighted by atomic mass is 19.1. The topological polar surface area (TPSA) is 60.6 Å². The second-order valence-corrected chi connectivity index (χ2v) is 7.53. The largest absolute Gasteiger partial charge is 0.476 e. The SMILES string of the molecule is Cc1cc(CN2CCC3(CC2)OCCC3CCOc2ncccc2F)no1. The molecule has 0 bridgehead atoms. The monoisotopic (exact) mass is 375 g/mol.